The third-order valence-electron chi connectivity index (χ3n) is 5.96. The average Bonchev–Trinajstić information content (AvgIpc) is 2.93. The molecule has 41 heavy (non-hydrogen) atoms. The molecule has 0 aliphatic rings. The summed E-state index contributed by atoms with van der Waals surface area (Å²) in [6.45, 7) is 1.00. The second-order valence-corrected chi connectivity index (χ2v) is 9.53. The zero-order valence-corrected chi connectivity index (χ0v) is 23.3. The van der Waals surface area contributed by atoms with E-state index in [0.717, 1.165) is 12.4 Å². The summed E-state index contributed by atoms with van der Waals surface area (Å²) in [6.07, 6.45) is -4.67. The number of nitrogens with one attached hydrogen (secondary N) is 3. The van der Waals surface area contributed by atoms with Gasteiger partial charge in [-0.05, 0) is 55.0 Å². The van der Waals surface area contributed by atoms with E-state index in [0.29, 0.717) is 17.9 Å². The van der Waals surface area contributed by atoms with Crippen molar-refractivity contribution in [2.24, 2.45) is 5.92 Å². The zero-order chi connectivity index (χ0) is 30.2. The van der Waals surface area contributed by atoms with Gasteiger partial charge in [-0.3, -0.25) is 14.4 Å². The number of amides is 3. The number of rotatable bonds is 11. The summed E-state index contributed by atoms with van der Waals surface area (Å²) in [7, 11) is 3.44. The zero-order valence-electron chi connectivity index (χ0n) is 22.5. The van der Waals surface area contributed by atoms with Crippen LogP contribution in [0.15, 0.2) is 60.7 Å². The molecule has 3 amide bonds. The average molecular weight is 590 g/mol. The highest BCUT2D eigenvalue weighted by atomic mass is 35.5. The Bertz CT molecular complexity index is 1400. The lowest BCUT2D eigenvalue weighted by molar-refractivity contribution is -0.178. The van der Waals surface area contributed by atoms with Gasteiger partial charge in [-0.2, -0.15) is 13.2 Å². The van der Waals surface area contributed by atoms with E-state index >= 15 is 0 Å². The predicted octanol–water partition coefficient (Wildman–Crippen LogP) is 3.94. The van der Waals surface area contributed by atoms with Crippen molar-refractivity contribution >= 4 is 54.0 Å². The molecule has 3 N–H and O–H groups in total. The van der Waals surface area contributed by atoms with E-state index in [2.05, 4.69) is 16.0 Å². The van der Waals surface area contributed by atoms with Crippen LogP contribution in [0, 0.1) is 5.92 Å². The molecular formula is C28H28BClF3N3O5. The lowest BCUT2D eigenvalue weighted by Gasteiger charge is -2.16. The van der Waals surface area contributed by atoms with E-state index in [1.165, 1.54) is 37.4 Å². The van der Waals surface area contributed by atoms with Gasteiger partial charge in [0.25, 0.3) is 11.8 Å². The lowest BCUT2D eigenvalue weighted by Crippen LogP contribution is -2.37. The number of carbonyl (C=O) groups is 3. The van der Waals surface area contributed by atoms with E-state index in [4.69, 9.17) is 21.1 Å². The van der Waals surface area contributed by atoms with Crippen LogP contribution >= 0.6 is 11.6 Å². The van der Waals surface area contributed by atoms with Crippen molar-refractivity contribution < 1.29 is 37.0 Å². The smallest absolute Gasteiger partial charge is 0.400 e. The maximum Gasteiger partial charge on any atom is 0.400 e. The molecule has 8 nitrogen and oxygen atoms in total. The van der Waals surface area contributed by atoms with Gasteiger partial charge in [0.05, 0.1) is 22.8 Å². The number of methoxy groups -OCH3 is 1. The Balaban J connectivity index is 1.79. The molecule has 1 unspecified atom stereocenters. The molecule has 13 heteroatoms. The monoisotopic (exact) mass is 589 g/mol. The minimum Gasteiger partial charge on any atom is -0.490 e. The fraction of sp³-hybridized carbons (Fsp3) is 0.250. The molecule has 0 radical (unpaired) electrons. The van der Waals surface area contributed by atoms with Crippen molar-refractivity contribution in [3.8, 4) is 5.75 Å². The van der Waals surface area contributed by atoms with Crippen LogP contribution in [0.25, 0.3) is 0 Å². The Hall–Kier alpha value is -4.03. The second kappa shape index (κ2) is 14.0. The van der Waals surface area contributed by atoms with Gasteiger partial charge in [0.15, 0.2) is 0 Å². The Labute approximate surface area is 241 Å². The predicted molar refractivity (Wildman–Crippen MR) is 153 cm³/mol. The van der Waals surface area contributed by atoms with Crippen LogP contribution in [0.1, 0.15) is 33.2 Å². The Morgan fingerprint density at radius 3 is 2.20 bits per heavy atom. The molecule has 0 heterocycles. The first-order valence-corrected chi connectivity index (χ1v) is 12.8. The first-order chi connectivity index (χ1) is 19.4. The highest BCUT2D eigenvalue weighted by molar-refractivity contribution is 6.34. The fourth-order valence-corrected chi connectivity index (χ4v) is 3.73. The van der Waals surface area contributed by atoms with Crippen LogP contribution in [0.5, 0.6) is 5.75 Å². The van der Waals surface area contributed by atoms with Gasteiger partial charge < -0.3 is 25.4 Å². The molecule has 216 valence electrons. The lowest BCUT2D eigenvalue weighted by atomic mass is 9.96. The highest BCUT2D eigenvalue weighted by Gasteiger charge is 2.40. The van der Waals surface area contributed by atoms with Gasteiger partial charge in [0, 0.05) is 25.0 Å². The molecule has 0 spiro atoms. The number of carbonyl (C=O) groups excluding carboxylic acids is 3. The SMILES string of the molecule is Bc1ccc(NC(=O)c2cc(NC(=O)c3cc(CNC(=O)C(C)C(F)(F)F)ccc3Cl)ccc2OCCOC)cc1. The van der Waals surface area contributed by atoms with Crippen LogP contribution in [0.2, 0.25) is 5.02 Å². The molecule has 3 rings (SSSR count). The Morgan fingerprint density at radius 2 is 1.54 bits per heavy atom. The van der Waals surface area contributed by atoms with E-state index in [-0.39, 0.29) is 40.7 Å². The summed E-state index contributed by atoms with van der Waals surface area (Å²) < 4.78 is 49.1. The van der Waals surface area contributed by atoms with Crippen molar-refractivity contribution in [2.75, 3.05) is 31.0 Å². The van der Waals surface area contributed by atoms with Crippen molar-refractivity contribution in [3.05, 3.63) is 82.4 Å². The van der Waals surface area contributed by atoms with Gasteiger partial charge in [0.2, 0.25) is 5.91 Å². The number of alkyl halides is 3. The van der Waals surface area contributed by atoms with Crippen LogP contribution in [-0.2, 0) is 16.1 Å². The molecule has 0 bridgehead atoms. The van der Waals surface area contributed by atoms with E-state index < -0.39 is 29.8 Å². The number of anilines is 2. The first-order valence-electron chi connectivity index (χ1n) is 12.5. The number of hydrogen-bond acceptors (Lipinski definition) is 5. The van der Waals surface area contributed by atoms with E-state index in [1.807, 2.05) is 20.0 Å². The quantitative estimate of drug-likeness (QED) is 0.232. The number of hydrogen-bond donors (Lipinski definition) is 3. The minimum atomic E-state index is -4.67. The largest absolute Gasteiger partial charge is 0.490 e. The number of benzene rings is 3. The number of ether oxygens (including phenoxy) is 2. The van der Waals surface area contributed by atoms with Gasteiger partial charge in [-0.15, -0.1) is 0 Å². The molecule has 0 aliphatic carbocycles. The molecule has 3 aromatic rings. The summed E-state index contributed by atoms with van der Waals surface area (Å²) in [5.74, 6) is -4.21. The van der Waals surface area contributed by atoms with Gasteiger partial charge in [-0.25, -0.2) is 0 Å². The van der Waals surface area contributed by atoms with Crippen molar-refractivity contribution in [1.82, 2.24) is 5.32 Å². The summed E-state index contributed by atoms with van der Waals surface area (Å²) >= 11 is 6.22. The Kier molecular flexibility index (Phi) is 10.8. The van der Waals surface area contributed by atoms with Gasteiger partial charge >= 0.3 is 6.18 Å². The van der Waals surface area contributed by atoms with Crippen molar-refractivity contribution in [1.29, 1.82) is 0 Å². The molecular weight excluding hydrogens is 562 g/mol. The summed E-state index contributed by atoms with van der Waals surface area (Å²) in [4.78, 5) is 38.1. The summed E-state index contributed by atoms with van der Waals surface area (Å²) in [6, 6.07) is 16.0. The van der Waals surface area contributed by atoms with E-state index in [1.54, 1.807) is 18.2 Å². The standard InChI is InChI=1S/C28H28BClF3N3O5/c1-16(28(31,32)33)25(37)34-15-17-3-9-23(30)21(13-17)26(38)36-20-8-10-24(41-12-11-40-2)22(14-20)27(39)35-19-6-4-18(29)5-7-19/h3-10,13-14,16H,11-12,15,29H2,1-2H3,(H,34,37)(H,35,39)(H,36,38). The Morgan fingerprint density at radius 1 is 0.902 bits per heavy atom. The normalized spacial score (nSPS) is 11.9. The summed E-state index contributed by atoms with van der Waals surface area (Å²) in [5.41, 5.74) is 2.39. The number of halogens is 4. The molecule has 0 aromatic heterocycles. The molecule has 0 fully saturated rings. The third kappa shape index (κ3) is 8.99. The minimum absolute atomic E-state index is 0.0216. The molecule has 0 aliphatic heterocycles. The van der Waals surface area contributed by atoms with Crippen molar-refractivity contribution in [2.45, 2.75) is 19.6 Å². The van der Waals surface area contributed by atoms with Gasteiger partial charge in [-0.1, -0.05) is 35.3 Å². The van der Waals surface area contributed by atoms with Crippen LogP contribution in [-0.4, -0.2) is 52.1 Å². The molecule has 0 saturated heterocycles. The van der Waals surface area contributed by atoms with Crippen LogP contribution in [0.4, 0.5) is 24.5 Å². The first kappa shape index (κ1) is 31.5. The topological polar surface area (TPSA) is 106 Å². The molecule has 3 aromatic carbocycles. The third-order valence-corrected chi connectivity index (χ3v) is 6.29. The fourth-order valence-electron chi connectivity index (χ4n) is 3.53. The maximum absolute atomic E-state index is 13.1. The molecule has 1 atom stereocenters. The molecule has 0 saturated carbocycles. The highest BCUT2D eigenvalue weighted by Crippen LogP contribution is 2.27. The second-order valence-electron chi connectivity index (χ2n) is 9.12. The van der Waals surface area contributed by atoms with Gasteiger partial charge in [0.1, 0.15) is 26.1 Å². The van der Waals surface area contributed by atoms with Crippen LogP contribution < -0.4 is 26.2 Å². The van der Waals surface area contributed by atoms with Crippen LogP contribution in [0.3, 0.4) is 0 Å². The summed E-state index contributed by atoms with van der Waals surface area (Å²) in [5, 5.41) is 7.76. The van der Waals surface area contributed by atoms with E-state index in [9.17, 15) is 27.6 Å². The maximum atomic E-state index is 13.1. The van der Waals surface area contributed by atoms with Crippen molar-refractivity contribution in [3.63, 3.8) is 0 Å².